The van der Waals surface area contributed by atoms with Crippen LogP contribution in [0.4, 0.5) is 4.39 Å². The Morgan fingerprint density at radius 2 is 2.24 bits per heavy atom. The van der Waals surface area contributed by atoms with Crippen LogP contribution in [0.15, 0.2) is 30.5 Å². The highest BCUT2D eigenvalue weighted by atomic mass is 19.1. The first kappa shape index (κ1) is 11.8. The lowest BCUT2D eigenvalue weighted by atomic mass is 10.1. The van der Waals surface area contributed by atoms with Crippen molar-refractivity contribution in [2.75, 3.05) is 6.54 Å². The van der Waals surface area contributed by atoms with E-state index in [2.05, 4.69) is 5.10 Å². The number of halogens is 1. The summed E-state index contributed by atoms with van der Waals surface area (Å²) in [6.45, 7) is 3.34. The highest BCUT2D eigenvalue weighted by Gasteiger charge is 2.11. The lowest BCUT2D eigenvalue weighted by Gasteiger charge is -2.08. The molecule has 0 aliphatic heterocycles. The fourth-order valence-corrected chi connectivity index (χ4v) is 1.97. The Morgan fingerprint density at radius 3 is 2.88 bits per heavy atom. The van der Waals surface area contributed by atoms with Crippen LogP contribution in [0.3, 0.4) is 0 Å². The second-order valence-corrected chi connectivity index (χ2v) is 3.88. The Balaban J connectivity index is 2.51. The zero-order valence-electron chi connectivity index (χ0n) is 9.86. The van der Waals surface area contributed by atoms with Crippen LogP contribution in [-0.4, -0.2) is 16.3 Å². The number of hydrogen-bond acceptors (Lipinski definition) is 2. The lowest BCUT2D eigenvalue weighted by Crippen LogP contribution is -2.05. The van der Waals surface area contributed by atoms with Crippen LogP contribution in [0.5, 0.6) is 0 Å². The van der Waals surface area contributed by atoms with Crippen molar-refractivity contribution in [1.29, 1.82) is 0 Å². The summed E-state index contributed by atoms with van der Waals surface area (Å²) in [5.74, 6) is -0.231. The standard InChI is InChI=1S/C13H16FN3/c1-2-17-13(11(6-7-15)9-16-17)10-4-3-5-12(14)8-10/h3-5,8-9H,2,6-7,15H2,1H3. The van der Waals surface area contributed by atoms with E-state index in [0.717, 1.165) is 29.8 Å². The normalized spacial score (nSPS) is 10.8. The van der Waals surface area contributed by atoms with Crippen LogP contribution >= 0.6 is 0 Å². The zero-order valence-corrected chi connectivity index (χ0v) is 9.86. The van der Waals surface area contributed by atoms with Gasteiger partial charge in [-0.1, -0.05) is 12.1 Å². The number of nitrogens with zero attached hydrogens (tertiary/aromatic N) is 2. The first-order chi connectivity index (χ1) is 8.26. The maximum Gasteiger partial charge on any atom is 0.123 e. The molecule has 0 fully saturated rings. The van der Waals surface area contributed by atoms with Crippen molar-refractivity contribution in [2.24, 2.45) is 5.73 Å². The number of rotatable bonds is 4. The second-order valence-electron chi connectivity index (χ2n) is 3.88. The van der Waals surface area contributed by atoms with Crippen LogP contribution in [-0.2, 0) is 13.0 Å². The van der Waals surface area contributed by atoms with Crippen molar-refractivity contribution >= 4 is 0 Å². The van der Waals surface area contributed by atoms with Gasteiger partial charge in [-0.25, -0.2) is 4.39 Å². The summed E-state index contributed by atoms with van der Waals surface area (Å²) >= 11 is 0. The fourth-order valence-electron chi connectivity index (χ4n) is 1.97. The molecule has 0 bridgehead atoms. The van der Waals surface area contributed by atoms with Crippen LogP contribution in [0, 0.1) is 5.82 Å². The van der Waals surface area contributed by atoms with Crippen molar-refractivity contribution in [3.8, 4) is 11.3 Å². The molecule has 1 aromatic carbocycles. The molecule has 0 atom stereocenters. The smallest absolute Gasteiger partial charge is 0.123 e. The quantitative estimate of drug-likeness (QED) is 0.879. The van der Waals surface area contributed by atoms with Gasteiger partial charge in [-0.2, -0.15) is 5.10 Å². The summed E-state index contributed by atoms with van der Waals surface area (Å²) in [5.41, 5.74) is 8.47. The van der Waals surface area contributed by atoms with Crippen molar-refractivity contribution in [1.82, 2.24) is 9.78 Å². The second kappa shape index (κ2) is 5.10. The van der Waals surface area contributed by atoms with Gasteiger partial charge in [-0.05, 0) is 37.6 Å². The third-order valence-electron chi connectivity index (χ3n) is 2.73. The average molecular weight is 233 g/mol. The Labute approximate surface area is 100 Å². The largest absolute Gasteiger partial charge is 0.330 e. The summed E-state index contributed by atoms with van der Waals surface area (Å²) in [7, 11) is 0. The third kappa shape index (κ3) is 2.36. The summed E-state index contributed by atoms with van der Waals surface area (Å²) in [4.78, 5) is 0. The van der Waals surface area contributed by atoms with Gasteiger partial charge < -0.3 is 5.73 Å². The van der Waals surface area contributed by atoms with Crippen molar-refractivity contribution in [3.05, 3.63) is 41.8 Å². The number of aryl methyl sites for hydroxylation is 1. The number of hydrogen-bond donors (Lipinski definition) is 1. The Bertz CT molecular complexity index is 505. The summed E-state index contributed by atoms with van der Waals surface area (Å²) in [5, 5.41) is 4.30. The molecule has 0 radical (unpaired) electrons. The SMILES string of the molecule is CCn1ncc(CCN)c1-c1cccc(F)c1. The highest BCUT2D eigenvalue weighted by Crippen LogP contribution is 2.24. The van der Waals surface area contributed by atoms with Gasteiger partial charge >= 0.3 is 0 Å². The van der Waals surface area contributed by atoms with Gasteiger partial charge in [0.15, 0.2) is 0 Å². The summed E-state index contributed by atoms with van der Waals surface area (Å²) < 4.78 is 15.1. The Hall–Kier alpha value is -1.68. The molecule has 3 nitrogen and oxygen atoms in total. The van der Waals surface area contributed by atoms with E-state index in [1.54, 1.807) is 6.07 Å². The van der Waals surface area contributed by atoms with Crippen LogP contribution in [0.1, 0.15) is 12.5 Å². The summed E-state index contributed by atoms with van der Waals surface area (Å²) in [6, 6.07) is 6.58. The van der Waals surface area contributed by atoms with E-state index < -0.39 is 0 Å². The van der Waals surface area contributed by atoms with Crippen molar-refractivity contribution in [2.45, 2.75) is 19.9 Å². The Kier molecular flexibility index (Phi) is 3.54. The van der Waals surface area contributed by atoms with E-state index in [-0.39, 0.29) is 5.82 Å². The minimum atomic E-state index is -0.231. The molecule has 4 heteroatoms. The van der Waals surface area contributed by atoms with Gasteiger partial charge in [-0.15, -0.1) is 0 Å². The van der Waals surface area contributed by atoms with Gasteiger partial charge in [0.05, 0.1) is 11.9 Å². The van der Waals surface area contributed by atoms with E-state index in [0.29, 0.717) is 6.54 Å². The number of benzene rings is 1. The van der Waals surface area contributed by atoms with E-state index in [1.807, 2.05) is 23.9 Å². The maximum atomic E-state index is 13.3. The average Bonchev–Trinajstić information content (AvgIpc) is 2.72. The van der Waals surface area contributed by atoms with Crippen LogP contribution in [0.2, 0.25) is 0 Å². The van der Waals surface area contributed by atoms with Crippen LogP contribution in [0.25, 0.3) is 11.3 Å². The molecule has 90 valence electrons. The zero-order chi connectivity index (χ0) is 12.3. The maximum absolute atomic E-state index is 13.3. The minimum Gasteiger partial charge on any atom is -0.330 e. The molecule has 1 aromatic heterocycles. The molecule has 2 rings (SSSR count). The fraction of sp³-hybridized carbons (Fsp3) is 0.308. The molecular weight excluding hydrogens is 217 g/mol. The predicted octanol–water partition coefficient (Wildman–Crippen LogP) is 2.21. The van der Waals surface area contributed by atoms with E-state index >= 15 is 0 Å². The van der Waals surface area contributed by atoms with Gasteiger partial charge in [0, 0.05) is 12.1 Å². The molecule has 0 aliphatic carbocycles. The third-order valence-corrected chi connectivity index (χ3v) is 2.73. The van der Waals surface area contributed by atoms with Crippen molar-refractivity contribution < 1.29 is 4.39 Å². The predicted molar refractivity (Wildman–Crippen MR) is 66.1 cm³/mol. The molecular formula is C13H16FN3. The van der Waals surface area contributed by atoms with Gasteiger partial charge in [0.2, 0.25) is 0 Å². The Morgan fingerprint density at radius 1 is 1.41 bits per heavy atom. The molecule has 2 N–H and O–H groups in total. The highest BCUT2D eigenvalue weighted by molar-refractivity contribution is 5.63. The van der Waals surface area contributed by atoms with Crippen LogP contribution < -0.4 is 5.73 Å². The van der Waals surface area contributed by atoms with Gasteiger partial charge in [0.1, 0.15) is 5.82 Å². The summed E-state index contributed by atoms with van der Waals surface area (Å²) in [6.07, 6.45) is 2.57. The van der Waals surface area contributed by atoms with E-state index in [1.165, 1.54) is 12.1 Å². The lowest BCUT2D eigenvalue weighted by molar-refractivity contribution is 0.627. The number of aromatic nitrogens is 2. The molecule has 0 unspecified atom stereocenters. The molecule has 2 aromatic rings. The molecule has 1 heterocycles. The molecule has 0 aliphatic rings. The molecule has 0 spiro atoms. The van der Waals surface area contributed by atoms with Gasteiger partial charge in [0.25, 0.3) is 0 Å². The van der Waals surface area contributed by atoms with E-state index in [9.17, 15) is 4.39 Å². The topological polar surface area (TPSA) is 43.8 Å². The number of nitrogens with two attached hydrogens (primary N) is 1. The van der Waals surface area contributed by atoms with Crippen molar-refractivity contribution in [3.63, 3.8) is 0 Å². The first-order valence-corrected chi connectivity index (χ1v) is 5.77. The molecule has 0 saturated carbocycles. The minimum absolute atomic E-state index is 0.231. The first-order valence-electron chi connectivity index (χ1n) is 5.77. The molecule has 17 heavy (non-hydrogen) atoms. The monoisotopic (exact) mass is 233 g/mol. The van der Waals surface area contributed by atoms with E-state index in [4.69, 9.17) is 5.73 Å². The van der Waals surface area contributed by atoms with Gasteiger partial charge in [-0.3, -0.25) is 4.68 Å². The molecule has 0 amide bonds. The molecule has 0 saturated heterocycles.